The SMILES string of the molecule is CCOc1ccc([C@H](C(=O)NCc2ccccc2)N(Cc2ccco2)C(=O)c2snc(C(N)=O)c2N)cc1. The molecule has 4 rings (SSSR count). The second-order valence-electron chi connectivity index (χ2n) is 8.26. The van der Waals surface area contributed by atoms with Gasteiger partial charge in [-0.1, -0.05) is 42.5 Å². The van der Waals surface area contributed by atoms with Crippen molar-refractivity contribution in [1.82, 2.24) is 14.6 Å². The van der Waals surface area contributed by atoms with Gasteiger partial charge in [-0.3, -0.25) is 14.4 Å². The molecule has 0 aliphatic rings. The Labute approximate surface area is 223 Å². The molecule has 11 heteroatoms. The number of carbonyl (C=O) groups excluding carboxylic acids is 3. The Kier molecular flexibility index (Phi) is 8.39. The average molecular weight is 534 g/mol. The van der Waals surface area contributed by atoms with Crippen LogP contribution in [0, 0.1) is 0 Å². The minimum absolute atomic E-state index is 0.00264. The summed E-state index contributed by atoms with van der Waals surface area (Å²) in [7, 11) is 0. The maximum Gasteiger partial charge on any atom is 0.270 e. The van der Waals surface area contributed by atoms with E-state index >= 15 is 0 Å². The van der Waals surface area contributed by atoms with Crippen molar-refractivity contribution in [3.8, 4) is 5.75 Å². The second kappa shape index (κ2) is 12.1. The molecule has 0 fully saturated rings. The fourth-order valence-electron chi connectivity index (χ4n) is 3.88. The predicted molar refractivity (Wildman–Crippen MR) is 142 cm³/mol. The summed E-state index contributed by atoms with van der Waals surface area (Å²) in [5.74, 6) is -0.794. The Bertz CT molecular complexity index is 1390. The number of nitrogens with one attached hydrogen (secondary N) is 1. The molecule has 4 aromatic rings. The van der Waals surface area contributed by atoms with Gasteiger partial charge in [0.15, 0.2) is 5.69 Å². The van der Waals surface area contributed by atoms with Crippen molar-refractivity contribution in [3.63, 3.8) is 0 Å². The van der Waals surface area contributed by atoms with Gasteiger partial charge in [-0.2, -0.15) is 4.37 Å². The van der Waals surface area contributed by atoms with Gasteiger partial charge in [0.1, 0.15) is 22.4 Å². The first-order valence-corrected chi connectivity index (χ1v) is 12.6. The van der Waals surface area contributed by atoms with Crippen molar-refractivity contribution in [2.75, 3.05) is 12.3 Å². The number of hydrogen-bond donors (Lipinski definition) is 3. The number of ether oxygens (including phenoxy) is 1. The van der Waals surface area contributed by atoms with E-state index in [2.05, 4.69) is 9.69 Å². The van der Waals surface area contributed by atoms with E-state index in [4.69, 9.17) is 20.6 Å². The lowest BCUT2D eigenvalue weighted by molar-refractivity contribution is -0.126. The molecule has 10 nitrogen and oxygen atoms in total. The van der Waals surface area contributed by atoms with E-state index in [9.17, 15) is 14.4 Å². The molecule has 0 spiro atoms. The molecule has 0 radical (unpaired) electrons. The van der Waals surface area contributed by atoms with Gasteiger partial charge in [-0.05, 0) is 53.8 Å². The molecule has 0 bridgehead atoms. The Balaban J connectivity index is 1.75. The number of carbonyl (C=O) groups is 3. The summed E-state index contributed by atoms with van der Waals surface area (Å²) in [5.41, 5.74) is 12.5. The highest BCUT2D eigenvalue weighted by atomic mass is 32.1. The number of amides is 3. The number of hydrogen-bond acceptors (Lipinski definition) is 8. The van der Waals surface area contributed by atoms with Gasteiger partial charge < -0.3 is 30.8 Å². The molecule has 2 heterocycles. The van der Waals surface area contributed by atoms with Crippen molar-refractivity contribution in [1.29, 1.82) is 0 Å². The highest BCUT2D eigenvalue weighted by Crippen LogP contribution is 2.31. The van der Waals surface area contributed by atoms with E-state index in [1.54, 1.807) is 36.4 Å². The van der Waals surface area contributed by atoms with Crippen LogP contribution in [0.1, 0.15) is 50.0 Å². The standard InChI is InChI=1S/C27H27N5O5S/c1-2-36-19-12-10-18(11-13-19)23(26(34)30-15-17-7-4-3-5-8-17)32(16-20-9-6-14-37-20)27(35)24-21(28)22(25(29)33)31-38-24/h3-14,23H,2,15-16,28H2,1H3,(H2,29,33)(H,30,34)/t23-/m1/s1. The largest absolute Gasteiger partial charge is 0.494 e. The summed E-state index contributed by atoms with van der Waals surface area (Å²) in [4.78, 5) is 40.7. The summed E-state index contributed by atoms with van der Waals surface area (Å²) in [6.07, 6.45) is 1.48. The van der Waals surface area contributed by atoms with Gasteiger partial charge in [0.2, 0.25) is 5.91 Å². The van der Waals surface area contributed by atoms with Crippen LogP contribution in [-0.4, -0.2) is 33.6 Å². The molecule has 0 aliphatic heterocycles. The third-order valence-corrected chi connectivity index (χ3v) is 6.55. The molecule has 0 saturated heterocycles. The molecule has 196 valence electrons. The van der Waals surface area contributed by atoms with Gasteiger partial charge >= 0.3 is 0 Å². The number of aromatic nitrogens is 1. The number of benzene rings is 2. The number of rotatable bonds is 11. The fraction of sp³-hybridized carbons (Fsp3) is 0.185. The number of nitrogens with two attached hydrogens (primary N) is 2. The third-order valence-electron chi connectivity index (χ3n) is 5.70. The Morgan fingerprint density at radius 3 is 2.42 bits per heavy atom. The van der Waals surface area contributed by atoms with E-state index in [1.165, 1.54) is 11.2 Å². The topological polar surface area (TPSA) is 154 Å². The van der Waals surface area contributed by atoms with Crippen LogP contribution in [-0.2, 0) is 17.9 Å². The molecular formula is C27H27N5O5S. The first-order valence-electron chi connectivity index (χ1n) is 11.8. The van der Waals surface area contributed by atoms with Crippen LogP contribution in [0.25, 0.3) is 0 Å². The molecule has 2 aromatic heterocycles. The molecule has 38 heavy (non-hydrogen) atoms. The maximum absolute atomic E-state index is 13.9. The highest BCUT2D eigenvalue weighted by molar-refractivity contribution is 7.09. The third kappa shape index (κ3) is 6.01. The average Bonchev–Trinajstić information content (AvgIpc) is 3.58. The zero-order chi connectivity index (χ0) is 27.1. The highest BCUT2D eigenvalue weighted by Gasteiger charge is 2.35. The fourth-order valence-corrected chi connectivity index (χ4v) is 4.64. The summed E-state index contributed by atoms with van der Waals surface area (Å²) in [5, 5.41) is 2.93. The van der Waals surface area contributed by atoms with Crippen LogP contribution in [0.4, 0.5) is 5.69 Å². The number of furan rings is 1. The molecule has 0 saturated carbocycles. The first-order chi connectivity index (χ1) is 18.4. The van der Waals surface area contributed by atoms with Crippen molar-refractivity contribution >= 4 is 34.9 Å². The molecule has 2 aromatic carbocycles. The molecule has 5 N–H and O–H groups in total. The van der Waals surface area contributed by atoms with Crippen LogP contribution in [0.2, 0.25) is 0 Å². The van der Waals surface area contributed by atoms with Crippen molar-refractivity contribution < 1.29 is 23.5 Å². The minimum Gasteiger partial charge on any atom is -0.494 e. The van der Waals surface area contributed by atoms with Crippen molar-refractivity contribution in [2.45, 2.75) is 26.1 Å². The van der Waals surface area contributed by atoms with Gasteiger partial charge in [0, 0.05) is 6.54 Å². The van der Waals surface area contributed by atoms with E-state index in [0.717, 1.165) is 17.1 Å². The van der Waals surface area contributed by atoms with Crippen molar-refractivity contribution in [2.24, 2.45) is 5.73 Å². The zero-order valence-electron chi connectivity index (χ0n) is 20.6. The molecule has 0 aliphatic carbocycles. The monoisotopic (exact) mass is 533 g/mol. The number of nitrogen functional groups attached to an aromatic ring is 1. The molecule has 0 unspecified atom stereocenters. The maximum atomic E-state index is 13.9. The Hall–Kier alpha value is -4.64. The van der Waals surface area contributed by atoms with E-state index in [0.29, 0.717) is 23.7 Å². The minimum atomic E-state index is -1.08. The second-order valence-corrected chi connectivity index (χ2v) is 9.03. The van der Waals surface area contributed by atoms with Crippen molar-refractivity contribution in [3.05, 3.63) is 100 Å². The zero-order valence-corrected chi connectivity index (χ0v) is 21.4. The summed E-state index contributed by atoms with van der Waals surface area (Å²) in [6, 6.07) is 18.6. The van der Waals surface area contributed by atoms with E-state index in [-0.39, 0.29) is 29.3 Å². The van der Waals surface area contributed by atoms with Gasteiger partial charge in [0.05, 0.1) is 25.1 Å². The number of anilines is 1. The van der Waals surface area contributed by atoms with Crippen LogP contribution in [0.15, 0.2) is 77.4 Å². The van der Waals surface area contributed by atoms with Gasteiger partial charge in [-0.25, -0.2) is 0 Å². The summed E-state index contributed by atoms with van der Waals surface area (Å²) < 4.78 is 15.0. The van der Waals surface area contributed by atoms with Crippen LogP contribution in [0.3, 0.4) is 0 Å². The van der Waals surface area contributed by atoms with E-state index in [1.807, 2.05) is 37.3 Å². The van der Waals surface area contributed by atoms with E-state index < -0.39 is 23.8 Å². The number of primary amides is 1. The molecular weight excluding hydrogens is 506 g/mol. The lowest BCUT2D eigenvalue weighted by Crippen LogP contribution is -2.43. The van der Waals surface area contributed by atoms with Gasteiger partial charge in [-0.15, -0.1) is 0 Å². The first kappa shape index (κ1) is 26.4. The molecule has 1 atom stereocenters. The normalized spacial score (nSPS) is 11.5. The smallest absolute Gasteiger partial charge is 0.270 e. The van der Waals surface area contributed by atoms with Crippen LogP contribution < -0.4 is 21.5 Å². The number of nitrogens with zero attached hydrogens (tertiary/aromatic N) is 2. The lowest BCUT2D eigenvalue weighted by atomic mass is 10.0. The van der Waals surface area contributed by atoms with Crippen LogP contribution in [0.5, 0.6) is 5.75 Å². The summed E-state index contributed by atoms with van der Waals surface area (Å²) >= 11 is 0.748. The van der Waals surface area contributed by atoms with Gasteiger partial charge in [0.25, 0.3) is 11.8 Å². The lowest BCUT2D eigenvalue weighted by Gasteiger charge is -2.30. The Morgan fingerprint density at radius 1 is 1.08 bits per heavy atom. The molecule has 3 amide bonds. The Morgan fingerprint density at radius 2 is 1.82 bits per heavy atom. The van der Waals surface area contributed by atoms with Crippen LogP contribution >= 0.6 is 11.5 Å². The quantitative estimate of drug-likeness (QED) is 0.267. The summed E-state index contributed by atoms with van der Waals surface area (Å²) in [6.45, 7) is 2.56. The predicted octanol–water partition coefficient (Wildman–Crippen LogP) is 3.52.